The van der Waals surface area contributed by atoms with E-state index in [1.807, 2.05) is 0 Å². The molecule has 7 heteroatoms. The van der Waals surface area contributed by atoms with Crippen LogP contribution in [0, 0.1) is 11.8 Å². The first-order valence-corrected chi connectivity index (χ1v) is 5.28. The number of imide groups is 1. The number of piperazine rings is 1. The van der Waals surface area contributed by atoms with Gasteiger partial charge in [0.25, 0.3) is 0 Å². The topological polar surface area (TPSA) is 104 Å². The van der Waals surface area contributed by atoms with Crippen molar-refractivity contribution in [1.29, 1.82) is 0 Å². The van der Waals surface area contributed by atoms with Crippen LogP contribution in [-0.2, 0) is 19.2 Å². The summed E-state index contributed by atoms with van der Waals surface area (Å²) in [7, 11) is 0. The van der Waals surface area contributed by atoms with Crippen LogP contribution in [0.15, 0.2) is 0 Å². The Morgan fingerprint density at radius 1 is 1.35 bits per heavy atom. The predicted octanol–water partition coefficient (Wildman–Crippen LogP) is -1.42. The molecule has 1 aliphatic carbocycles. The van der Waals surface area contributed by atoms with Gasteiger partial charge in [0.2, 0.25) is 17.7 Å². The third-order valence-electron chi connectivity index (χ3n) is 3.13. The van der Waals surface area contributed by atoms with Gasteiger partial charge in [-0.25, -0.2) is 0 Å². The van der Waals surface area contributed by atoms with Crippen LogP contribution in [0.25, 0.3) is 0 Å². The smallest absolute Gasteiger partial charge is 0.307 e. The van der Waals surface area contributed by atoms with Crippen molar-refractivity contribution in [3.63, 3.8) is 0 Å². The van der Waals surface area contributed by atoms with Gasteiger partial charge in [-0.05, 0) is 13.3 Å². The number of carbonyl (C=O) groups is 4. The van der Waals surface area contributed by atoms with E-state index in [2.05, 4.69) is 5.32 Å². The Morgan fingerprint density at radius 3 is 2.53 bits per heavy atom. The van der Waals surface area contributed by atoms with Gasteiger partial charge in [-0.3, -0.25) is 24.5 Å². The van der Waals surface area contributed by atoms with Crippen LogP contribution in [0.1, 0.15) is 13.3 Å². The largest absolute Gasteiger partial charge is 0.481 e. The normalized spacial score (nSPS) is 32.1. The van der Waals surface area contributed by atoms with Crippen LogP contribution in [0.2, 0.25) is 0 Å². The van der Waals surface area contributed by atoms with Crippen LogP contribution >= 0.6 is 0 Å². The minimum Gasteiger partial charge on any atom is -0.481 e. The van der Waals surface area contributed by atoms with Crippen LogP contribution < -0.4 is 5.32 Å². The fourth-order valence-electron chi connectivity index (χ4n) is 1.94. The first kappa shape index (κ1) is 11.6. The van der Waals surface area contributed by atoms with Crippen molar-refractivity contribution in [2.45, 2.75) is 19.4 Å². The molecule has 1 saturated heterocycles. The van der Waals surface area contributed by atoms with Gasteiger partial charge in [0.15, 0.2) is 0 Å². The zero-order valence-corrected chi connectivity index (χ0v) is 9.17. The molecule has 0 spiro atoms. The molecule has 0 bridgehead atoms. The number of hydrogen-bond donors (Lipinski definition) is 2. The molecule has 3 atom stereocenters. The Labute approximate surface area is 96.8 Å². The number of nitrogens with zero attached hydrogens (tertiary/aromatic N) is 1. The van der Waals surface area contributed by atoms with Crippen molar-refractivity contribution in [1.82, 2.24) is 10.2 Å². The van der Waals surface area contributed by atoms with Crippen molar-refractivity contribution in [3.05, 3.63) is 0 Å². The zero-order valence-electron chi connectivity index (χ0n) is 9.17. The Hall–Kier alpha value is -1.92. The Morgan fingerprint density at radius 2 is 2.00 bits per heavy atom. The van der Waals surface area contributed by atoms with Gasteiger partial charge >= 0.3 is 5.97 Å². The first-order chi connectivity index (χ1) is 7.91. The van der Waals surface area contributed by atoms with Crippen molar-refractivity contribution in [3.8, 4) is 0 Å². The highest BCUT2D eigenvalue weighted by Gasteiger charge is 2.51. The molecule has 17 heavy (non-hydrogen) atoms. The Kier molecular flexibility index (Phi) is 2.60. The third kappa shape index (κ3) is 2.00. The lowest BCUT2D eigenvalue weighted by atomic mass is 10.1. The summed E-state index contributed by atoms with van der Waals surface area (Å²) >= 11 is 0. The average molecular weight is 240 g/mol. The summed E-state index contributed by atoms with van der Waals surface area (Å²) in [5, 5.41) is 10.8. The highest BCUT2D eigenvalue weighted by Crippen LogP contribution is 2.40. The second-order valence-electron chi connectivity index (χ2n) is 4.34. The van der Waals surface area contributed by atoms with E-state index in [9.17, 15) is 19.2 Å². The molecule has 2 rings (SSSR count). The number of carboxylic acid groups (broad SMARTS) is 1. The predicted molar refractivity (Wildman–Crippen MR) is 53.6 cm³/mol. The van der Waals surface area contributed by atoms with Crippen LogP contribution in [0.4, 0.5) is 0 Å². The molecule has 0 aromatic rings. The molecule has 92 valence electrons. The van der Waals surface area contributed by atoms with E-state index in [1.54, 1.807) is 0 Å². The number of carboxylic acids is 1. The number of carbonyl (C=O) groups excluding carboxylic acids is 3. The molecule has 1 heterocycles. The highest BCUT2D eigenvalue weighted by molar-refractivity contribution is 6.05. The quantitative estimate of drug-likeness (QED) is 0.576. The monoisotopic (exact) mass is 240 g/mol. The fraction of sp³-hybridized carbons (Fsp3) is 0.600. The fourth-order valence-corrected chi connectivity index (χ4v) is 1.94. The van der Waals surface area contributed by atoms with Gasteiger partial charge < -0.3 is 10.0 Å². The standard InChI is InChI=1S/C10H12N2O5/c1-4-8(14)11-7(13)3-12(4)9(15)5-2-6(5)10(16)17/h4-6H,2-3H2,1H3,(H,16,17)(H,11,13,14)/t4?,5-,6+/m1/s1. The Bertz CT molecular complexity index is 419. The van der Waals surface area contributed by atoms with E-state index in [4.69, 9.17) is 5.11 Å². The Balaban J connectivity index is 2.07. The summed E-state index contributed by atoms with van der Waals surface area (Å²) < 4.78 is 0. The molecule has 1 unspecified atom stereocenters. The van der Waals surface area contributed by atoms with Gasteiger partial charge in [-0.2, -0.15) is 0 Å². The second kappa shape index (κ2) is 3.83. The van der Waals surface area contributed by atoms with E-state index < -0.39 is 41.6 Å². The second-order valence-corrected chi connectivity index (χ2v) is 4.34. The number of nitrogens with one attached hydrogen (secondary N) is 1. The van der Waals surface area contributed by atoms with Gasteiger partial charge in [0.1, 0.15) is 12.6 Å². The minimum atomic E-state index is -1.01. The van der Waals surface area contributed by atoms with E-state index in [-0.39, 0.29) is 13.0 Å². The average Bonchev–Trinajstić information content (AvgIpc) is 3.02. The maximum atomic E-state index is 11.9. The molecule has 2 N–H and O–H groups in total. The molecule has 0 aromatic carbocycles. The number of amides is 3. The molecular formula is C10H12N2O5. The summed E-state index contributed by atoms with van der Waals surface area (Å²) in [4.78, 5) is 46.2. The van der Waals surface area contributed by atoms with Gasteiger partial charge in [-0.1, -0.05) is 0 Å². The molecule has 7 nitrogen and oxygen atoms in total. The third-order valence-corrected chi connectivity index (χ3v) is 3.13. The van der Waals surface area contributed by atoms with Gasteiger partial charge in [-0.15, -0.1) is 0 Å². The lowest BCUT2D eigenvalue weighted by Crippen LogP contribution is -2.59. The van der Waals surface area contributed by atoms with E-state index in [0.717, 1.165) is 4.90 Å². The maximum absolute atomic E-state index is 11.9. The number of hydrogen-bond acceptors (Lipinski definition) is 4. The van der Waals surface area contributed by atoms with Crippen molar-refractivity contribution in [2.75, 3.05) is 6.54 Å². The van der Waals surface area contributed by atoms with E-state index in [0.29, 0.717) is 0 Å². The van der Waals surface area contributed by atoms with Crippen LogP contribution in [-0.4, -0.2) is 46.3 Å². The van der Waals surface area contributed by atoms with Gasteiger partial charge in [0.05, 0.1) is 11.8 Å². The number of rotatable bonds is 2. The van der Waals surface area contributed by atoms with Gasteiger partial charge in [0, 0.05) is 0 Å². The summed E-state index contributed by atoms with van der Waals surface area (Å²) in [6.45, 7) is 1.33. The lowest BCUT2D eigenvalue weighted by molar-refractivity contribution is -0.150. The summed E-state index contributed by atoms with van der Waals surface area (Å²) in [5.41, 5.74) is 0. The van der Waals surface area contributed by atoms with Crippen LogP contribution in [0.5, 0.6) is 0 Å². The molecule has 0 radical (unpaired) electrons. The summed E-state index contributed by atoms with van der Waals surface area (Å²) in [6, 6.07) is -0.727. The molecular weight excluding hydrogens is 228 g/mol. The molecule has 2 fully saturated rings. The van der Waals surface area contributed by atoms with Crippen molar-refractivity contribution in [2.24, 2.45) is 11.8 Å². The first-order valence-electron chi connectivity index (χ1n) is 5.28. The van der Waals surface area contributed by atoms with Crippen LogP contribution in [0.3, 0.4) is 0 Å². The molecule has 1 saturated carbocycles. The number of aliphatic carboxylic acids is 1. The minimum absolute atomic E-state index is 0.186. The molecule has 0 aromatic heterocycles. The lowest BCUT2D eigenvalue weighted by Gasteiger charge is -2.31. The summed E-state index contributed by atoms with van der Waals surface area (Å²) in [6.07, 6.45) is 0.285. The molecule has 2 aliphatic rings. The van der Waals surface area contributed by atoms with Crippen molar-refractivity contribution >= 4 is 23.7 Å². The maximum Gasteiger partial charge on any atom is 0.307 e. The molecule has 3 amide bonds. The van der Waals surface area contributed by atoms with Crippen molar-refractivity contribution < 1.29 is 24.3 Å². The van der Waals surface area contributed by atoms with E-state index in [1.165, 1.54) is 6.92 Å². The SMILES string of the molecule is CC1C(=O)NC(=O)CN1C(=O)[C@@H]1C[C@@H]1C(=O)O. The summed E-state index contributed by atoms with van der Waals surface area (Å²) in [5.74, 6) is -3.75. The van der Waals surface area contributed by atoms with E-state index >= 15 is 0 Å². The zero-order chi connectivity index (χ0) is 12.7. The highest BCUT2D eigenvalue weighted by atomic mass is 16.4. The molecule has 1 aliphatic heterocycles.